The van der Waals surface area contributed by atoms with Crippen LogP contribution >= 0.6 is 24.0 Å². The van der Waals surface area contributed by atoms with Crippen LogP contribution in [0, 0.1) is 5.41 Å². The molecule has 0 spiro atoms. The van der Waals surface area contributed by atoms with E-state index >= 15 is 0 Å². The second kappa shape index (κ2) is 5.02. The van der Waals surface area contributed by atoms with Gasteiger partial charge in [-0.25, -0.2) is 0 Å². The number of amides is 1. The Morgan fingerprint density at radius 3 is 2.65 bits per heavy atom. The zero-order chi connectivity index (χ0) is 12.5. The number of nitrogens with zero attached hydrogens (tertiary/aromatic N) is 1. The molecular weight excluding hydrogens is 250 g/mol. The Labute approximate surface area is 112 Å². The molecule has 0 bridgehead atoms. The number of rotatable bonds is 2. The second-order valence-corrected chi connectivity index (χ2v) is 6.55. The molecule has 0 aliphatic carbocycles. The van der Waals surface area contributed by atoms with Crippen LogP contribution in [0.3, 0.4) is 0 Å². The summed E-state index contributed by atoms with van der Waals surface area (Å²) in [7, 11) is 0. The predicted octanol–water partition coefficient (Wildman–Crippen LogP) is 3.69. The van der Waals surface area contributed by atoms with Crippen molar-refractivity contribution in [2.75, 3.05) is 13.1 Å². The van der Waals surface area contributed by atoms with E-state index < -0.39 is 0 Å². The van der Waals surface area contributed by atoms with Gasteiger partial charge in [-0.3, -0.25) is 4.79 Å². The highest BCUT2D eigenvalue weighted by Crippen LogP contribution is 2.34. The predicted molar refractivity (Wildman–Crippen MR) is 75.1 cm³/mol. The van der Waals surface area contributed by atoms with Crippen LogP contribution in [-0.4, -0.2) is 23.9 Å². The van der Waals surface area contributed by atoms with Crippen molar-refractivity contribution in [3.63, 3.8) is 0 Å². The third-order valence-electron chi connectivity index (χ3n) is 3.91. The summed E-state index contributed by atoms with van der Waals surface area (Å²) in [6.07, 6.45) is 3.44. The van der Waals surface area contributed by atoms with Crippen molar-refractivity contribution in [2.24, 2.45) is 5.41 Å². The van der Waals surface area contributed by atoms with E-state index in [-0.39, 0.29) is 5.91 Å². The minimum absolute atomic E-state index is 0.174. The Morgan fingerprint density at radius 1 is 1.53 bits per heavy atom. The summed E-state index contributed by atoms with van der Waals surface area (Å²) in [4.78, 5) is 15.9. The van der Waals surface area contributed by atoms with Crippen LogP contribution in [0.2, 0.25) is 0 Å². The maximum atomic E-state index is 12.2. The van der Waals surface area contributed by atoms with E-state index in [1.165, 1.54) is 17.8 Å². The Morgan fingerprint density at radius 2 is 2.18 bits per heavy atom. The van der Waals surface area contributed by atoms with Crippen molar-refractivity contribution >= 4 is 29.9 Å². The van der Waals surface area contributed by atoms with E-state index in [1.807, 2.05) is 16.3 Å². The molecule has 2 rings (SSSR count). The standard InChI is InChI=1S/C13H19NOS2/c1-3-13(2)4-6-14(7-5-13)12(15)11-8-10(16)9-17-11/h8-9,16H,3-7H2,1-2H3. The Kier molecular flexibility index (Phi) is 3.83. The molecule has 0 unspecified atom stereocenters. The van der Waals surface area contributed by atoms with Gasteiger partial charge in [-0.1, -0.05) is 20.3 Å². The van der Waals surface area contributed by atoms with Gasteiger partial charge in [0.1, 0.15) is 0 Å². The average Bonchev–Trinajstić information content (AvgIpc) is 2.76. The summed E-state index contributed by atoms with van der Waals surface area (Å²) in [5.41, 5.74) is 0.431. The van der Waals surface area contributed by atoms with Crippen molar-refractivity contribution in [1.82, 2.24) is 4.90 Å². The molecule has 2 heterocycles. The molecule has 1 fully saturated rings. The van der Waals surface area contributed by atoms with E-state index in [1.54, 1.807) is 0 Å². The van der Waals surface area contributed by atoms with Crippen LogP contribution in [0.25, 0.3) is 0 Å². The number of thiophene rings is 1. The van der Waals surface area contributed by atoms with E-state index in [4.69, 9.17) is 0 Å². The van der Waals surface area contributed by atoms with Crippen LogP contribution in [0.15, 0.2) is 16.3 Å². The van der Waals surface area contributed by atoms with E-state index in [2.05, 4.69) is 26.5 Å². The Bertz CT molecular complexity index is 405. The summed E-state index contributed by atoms with van der Waals surface area (Å²) in [6, 6.07) is 1.86. The second-order valence-electron chi connectivity index (χ2n) is 5.13. The number of hydrogen-bond donors (Lipinski definition) is 1. The first-order valence-corrected chi connectivity index (χ1v) is 7.43. The van der Waals surface area contributed by atoms with Gasteiger partial charge in [0.15, 0.2) is 0 Å². The summed E-state index contributed by atoms with van der Waals surface area (Å²) < 4.78 is 0. The molecule has 0 N–H and O–H groups in total. The molecule has 0 radical (unpaired) electrons. The normalized spacial score (nSPS) is 19.4. The highest BCUT2D eigenvalue weighted by molar-refractivity contribution is 7.80. The maximum absolute atomic E-state index is 12.2. The molecule has 0 saturated carbocycles. The van der Waals surface area contributed by atoms with E-state index in [0.29, 0.717) is 5.41 Å². The fourth-order valence-electron chi connectivity index (χ4n) is 2.20. The van der Waals surface area contributed by atoms with E-state index in [0.717, 1.165) is 35.7 Å². The summed E-state index contributed by atoms with van der Waals surface area (Å²) in [6.45, 7) is 6.35. The number of carbonyl (C=O) groups is 1. The van der Waals surface area contributed by atoms with Gasteiger partial charge in [-0.05, 0) is 24.3 Å². The zero-order valence-corrected chi connectivity index (χ0v) is 12.1. The quantitative estimate of drug-likeness (QED) is 0.812. The fourth-order valence-corrected chi connectivity index (χ4v) is 3.31. The summed E-state index contributed by atoms with van der Waals surface area (Å²) in [5, 5.41) is 1.91. The van der Waals surface area contributed by atoms with Gasteiger partial charge in [0.25, 0.3) is 5.91 Å². The highest BCUT2D eigenvalue weighted by Gasteiger charge is 2.30. The highest BCUT2D eigenvalue weighted by atomic mass is 32.1. The van der Waals surface area contributed by atoms with E-state index in [9.17, 15) is 4.79 Å². The van der Waals surface area contributed by atoms with Crippen LogP contribution < -0.4 is 0 Å². The van der Waals surface area contributed by atoms with Crippen LogP contribution in [0.1, 0.15) is 42.8 Å². The summed E-state index contributed by atoms with van der Waals surface area (Å²) in [5.74, 6) is 0.174. The largest absolute Gasteiger partial charge is 0.338 e. The molecule has 1 amide bonds. The molecule has 4 heteroatoms. The lowest BCUT2D eigenvalue weighted by molar-refractivity contribution is 0.0605. The number of thiol groups is 1. The lowest BCUT2D eigenvalue weighted by Crippen LogP contribution is -2.41. The molecule has 1 saturated heterocycles. The van der Waals surface area contributed by atoms with Gasteiger partial charge in [-0.15, -0.1) is 24.0 Å². The minimum Gasteiger partial charge on any atom is -0.338 e. The maximum Gasteiger partial charge on any atom is 0.263 e. The molecular formula is C13H19NOS2. The van der Waals surface area contributed by atoms with Crippen LogP contribution in [0.5, 0.6) is 0 Å². The average molecular weight is 269 g/mol. The van der Waals surface area contributed by atoms with Gasteiger partial charge in [0, 0.05) is 23.4 Å². The number of likely N-dealkylation sites (tertiary alicyclic amines) is 1. The molecule has 17 heavy (non-hydrogen) atoms. The monoisotopic (exact) mass is 269 g/mol. The Balaban J connectivity index is 1.99. The van der Waals surface area contributed by atoms with Crippen molar-refractivity contribution < 1.29 is 4.79 Å². The lowest BCUT2D eigenvalue weighted by Gasteiger charge is -2.38. The molecule has 0 aromatic carbocycles. The smallest absolute Gasteiger partial charge is 0.263 e. The zero-order valence-electron chi connectivity index (χ0n) is 10.4. The van der Waals surface area contributed by atoms with Gasteiger partial charge in [-0.2, -0.15) is 0 Å². The number of hydrogen-bond acceptors (Lipinski definition) is 3. The first-order chi connectivity index (χ1) is 8.04. The lowest BCUT2D eigenvalue weighted by atomic mass is 9.78. The van der Waals surface area contributed by atoms with Crippen LogP contribution in [-0.2, 0) is 0 Å². The molecule has 1 aromatic rings. The van der Waals surface area contributed by atoms with Crippen LogP contribution in [0.4, 0.5) is 0 Å². The van der Waals surface area contributed by atoms with Crippen molar-refractivity contribution in [2.45, 2.75) is 38.0 Å². The van der Waals surface area contributed by atoms with Crippen molar-refractivity contribution in [3.05, 3.63) is 16.3 Å². The van der Waals surface area contributed by atoms with Gasteiger partial charge < -0.3 is 4.90 Å². The first-order valence-electron chi connectivity index (χ1n) is 6.11. The Hall–Kier alpha value is -0.480. The molecule has 1 aromatic heterocycles. The number of piperidine rings is 1. The summed E-state index contributed by atoms with van der Waals surface area (Å²) >= 11 is 5.74. The fraction of sp³-hybridized carbons (Fsp3) is 0.615. The SMILES string of the molecule is CCC1(C)CCN(C(=O)c2cc(S)cs2)CC1. The number of carbonyl (C=O) groups excluding carboxylic acids is 1. The molecule has 1 aliphatic rings. The molecule has 1 aliphatic heterocycles. The first kappa shape index (κ1) is 13.0. The van der Waals surface area contributed by atoms with Gasteiger partial charge in [0.2, 0.25) is 0 Å². The molecule has 2 nitrogen and oxygen atoms in total. The topological polar surface area (TPSA) is 20.3 Å². The third kappa shape index (κ3) is 2.86. The molecule has 94 valence electrons. The minimum atomic E-state index is 0.174. The molecule has 0 atom stereocenters. The van der Waals surface area contributed by atoms with Gasteiger partial charge in [0.05, 0.1) is 4.88 Å². The van der Waals surface area contributed by atoms with Gasteiger partial charge >= 0.3 is 0 Å². The van der Waals surface area contributed by atoms with Crippen molar-refractivity contribution in [1.29, 1.82) is 0 Å². The third-order valence-corrected chi connectivity index (χ3v) is 5.26. The van der Waals surface area contributed by atoms with Crippen molar-refractivity contribution in [3.8, 4) is 0 Å².